The van der Waals surface area contributed by atoms with E-state index in [4.69, 9.17) is 21.1 Å². The van der Waals surface area contributed by atoms with E-state index in [2.05, 4.69) is 20.3 Å². The zero-order valence-corrected chi connectivity index (χ0v) is 20.0. The van der Waals surface area contributed by atoms with Crippen molar-refractivity contribution in [2.45, 2.75) is 26.1 Å². The number of aromatic nitrogens is 2. The van der Waals surface area contributed by atoms with Crippen LogP contribution in [0.5, 0.6) is 5.75 Å². The lowest BCUT2D eigenvalue weighted by Gasteiger charge is -2.13. The Labute approximate surface area is 208 Å². The Morgan fingerprint density at radius 3 is 2.83 bits per heavy atom. The second-order valence-electron chi connectivity index (χ2n) is 8.44. The molecule has 1 unspecified atom stereocenters. The molecule has 7 nitrogen and oxygen atoms in total. The standard InChI is InChI=1S/C27H25ClN4O3/c1-17-3-2-4-21(9-17)34-15-19-6-7-20(12-24(19)28)32-27-23-10-18(5-8-25(23)30-16-31-27)11-26-29-13-22(14-33)35-26/h2-10,12,16,22,33H,11,13-15H2,1H3,(H,30,31,32). The highest BCUT2D eigenvalue weighted by Gasteiger charge is 2.19. The summed E-state index contributed by atoms with van der Waals surface area (Å²) in [6.07, 6.45) is 1.83. The van der Waals surface area contributed by atoms with Gasteiger partial charge in [-0.25, -0.2) is 9.97 Å². The highest BCUT2D eigenvalue weighted by atomic mass is 35.5. The van der Waals surface area contributed by atoms with Gasteiger partial charge >= 0.3 is 0 Å². The zero-order chi connectivity index (χ0) is 24.2. The van der Waals surface area contributed by atoms with Gasteiger partial charge in [0, 0.05) is 28.1 Å². The molecule has 2 N–H and O–H groups in total. The van der Waals surface area contributed by atoms with E-state index in [0.717, 1.165) is 39.0 Å². The lowest BCUT2D eigenvalue weighted by molar-refractivity contribution is 0.127. The predicted octanol–water partition coefficient (Wildman–Crippen LogP) is 5.25. The molecule has 8 heteroatoms. The molecule has 5 rings (SSSR count). The van der Waals surface area contributed by atoms with Gasteiger partial charge in [0.05, 0.1) is 18.7 Å². The summed E-state index contributed by atoms with van der Waals surface area (Å²) in [5.74, 6) is 2.12. The molecule has 1 aliphatic rings. The Morgan fingerprint density at radius 1 is 1.11 bits per heavy atom. The number of aliphatic imine (C=N–C) groups is 1. The maximum Gasteiger partial charge on any atom is 0.188 e. The molecule has 0 saturated heterocycles. The molecular formula is C27H25ClN4O3. The van der Waals surface area contributed by atoms with Crippen LogP contribution in [0, 0.1) is 6.92 Å². The molecule has 4 aromatic rings. The summed E-state index contributed by atoms with van der Waals surface area (Å²) in [6.45, 7) is 2.86. The first-order valence-electron chi connectivity index (χ1n) is 11.4. The van der Waals surface area contributed by atoms with E-state index in [1.165, 1.54) is 6.33 Å². The number of benzene rings is 3. The topological polar surface area (TPSA) is 88.9 Å². The number of aryl methyl sites for hydroxylation is 1. The minimum absolute atomic E-state index is 0.0357. The van der Waals surface area contributed by atoms with Crippen molar-refractivity contribution in [1.82, 2.24) is 9.97 Å². The van der Waals surface area contributed by atoms with Gasteiger partial charge in [0.15, 0.2) is 5.90 Å². The highest BCUT2D eigenvalue weighted by molar-refractivity contribution is 6.31. The van der Waals surface area contributed by atoms with Gasteiger partial charge in [-0.2, -0.15) is 0 Å². The number of fused-ring (bicyclic) bond motifs is 1. The second kappa shape index (κ2) is 10.3. The first-order chi connectivity index (χ1) is 17.1. The number of aliphatic hydroxyl groups excluding tert-OH is 1. The molecule has 1 aliphatic heterocycles. The van der Waals surface area contributed by atoms with Gasteiger partial charge in [0.1, 0.15) is 30.6 Å². The normalized spacial score (nSPS) is 15.1. The molecular weight excluding hydrogens is 464 g/mol. The fourth-order valence-corrected chi connectivity index (χ4v) is 4.13. The van der Waals surface area contributed by atoms with Crippen LogP contribution in [0.1, 0.15) is 16.7 Å². The highest BCUT2D eigenvalue weighted by Crippen LogP contribution is 2.28. The van der Waals surface area contributed by atoms with E-state index >= 15 is 0 Å². The van der Waals surface area contributed by atoms with Gasteiger partial charge in [-0.15, -0.1) is 0 Å². The van der Waals surface area contributed by atoms with Crippen LogP contribution in [-0.4, -0.2) is 40.2 Å². The van der Waals surface area contributed by atoms with Crippen LogP contribution in [-0.2, 0) is 17.8 Å². The van der Waals surface area contributed by atoms with Crippen LogP contribution in [0.3, 0.4) is 0 Å². The summed E-state index contributed by atoms with van der Waals surface area (Å²) in [5.41, 5.74) is 4.70. The summed E-state index contributed by atoms with van der Waals surface area (Å²) in [6, 6.07) is 19.7. The third kappa shape index (κ3) is 5.53. The molecule has 0 radical (unpaired) electrons. The van der Waals surface area contributed by atoms with E-state index in [0.29, 0.717) is 36.3 Å². The first-order valence-corrected chi connectivity index (χ1v) is 11.7. The van der Waals surface area contributed by atoms with Crippen molar-refractivity contribution in [2.75, 3.05) is 18.5 Å². The summed E-state index contributed by atoms with van der Waals surface area (Å²) >= 11 is 6.56. The summed E-state index contributed by atoms with van der Waals surface area (Å²) < 4.78 is 11.6. The van der Waals surface area contributed by atoms with Gasteiger partial charge in [-0.1, -0.05) is 35.9 Å². The minimum Gasteiger partial charge on any atom is -0.489 e. The predicted molar refractivity (Wildman–Crippen MR) is 138 cm³/mol. The summed E-state index contributed by atoms with van der Waals surface area (Å²) in [5, 5.41) is 14.1. The van der Waals surface area contributed by atoms with Gasteiger partial charge in [-0.05, 0) is 54.4 Å². The maximum atomic E-state index is 9.26. The molecule has 3 aromatic carbocycles. The molecule has 1 atom stereocenters. The molecule has 0 amide bonds. The fraction of sp³-hybridized carbons (Fsp3) is 0.222. The smallest absolute Gasteiger partial charge is 0.188 e. The number of anilines is 2. The van der Waals surface area contributed by atoms with Crippen molar-refractivity contribution in [3.63, 3.8) is 0 Å². The fourth-order valence-electron chi connectivity index (χ4n) is 3.90. The summed E-state index contributed by atoms with van der Waals surface area (Å²) in [4.78, 5) is 13.2. The number of rotatable bonds is 8. The molecule has 35 heavy (non-hydrogen) atoms. The first kappa shape index (κ1) is 23.1. The second-order valence-corrected chi connectivity index (χ2v) is 8.85. The lowest BCUT2D eigenvalue weighted by atomic mass is 10.1. The van der Waals surface area contributed by atoms with Crippen LogP contribution >= 0.6 is 11.6 Å². The van der Waals surface area contributed by atoms with Crippen molar-refractivity contribution in [3.8, 4) is 5.75 Å². The van der Waals surface area contributed by atoms with E-state index < -0.39 is 0 Å². The minimum atomic E-state index is -0.249. The molecule has 0 fully saturated rings. The van der Waals surface area contributed by atoms with Gasteiger partial charge in [-0.3, -0.25) is 4.99 Å². The Balaban J connectivity index is 1.31. The number of halogens is 1. The number of aliphatic hydroxyl groups is 1. The molecule has 0 spiro atoms. The number of nitrogens with one attached hydrogen (secondary N) is 1. The third-order valence-electron chi connectivity index (χ3n) is 5.73. The Hall–Kier alpha value is -3.68. The van der Waals surface area contributed by atoms with Crippen LogP contribution < -0.4 is 10.1 Å². The quantitative estimate of drug-likeness (QED) is 0.352. The Kier molecular flexibility index (Phi) is 6.79. The van der Waals surface area contributed by atoms with E-state index in [1.807, 2.05) is 67.6 Å². The number of hydrogen-bond acceptors (Lipinski definition) is 7. The van der Waals surface area contributed by atoms with Crippen molar-refractivity contribution < 1.29 is 14.6 Å². The van der Waals surface area contributed by atoms with Crippen LogP contribution in [0.4, 0.5) is 11.5 Å². The Bertz CT molecular complexity index is 1390. The SMILES string of the molecule is Cc1cccc(OCc2ccc(Nc3ncnc4ccc(CC5=NCC(CO)O5)cc34)cc2Cl)c1. The molecule has 178 valence electrons. The third-order valence-corrected chi connectivity index (χ3v) is 6.08. The van der Waals surface area contributed by atoms with Crippen LogP contribution in [0.15, 0.2) is 72.0 Å². The summed E-state index contributed by atoms with van der Waals surface area (Å²) in [7, 11) is 0. The maximum absolute atomic E-state index is 9.26. The molecule has 0 aliphatic carbocycles. The van der Waals surface area contributed by atoms with E-state index in [1.54, 1.807) is 0 Å². The van der Waals surface area contributed by atoms with E-state index in [-0.39, 0.29) is 12.7 Å². The van der Waals surface area contributed by atoms with E-state index in [9.17, 15) is 5.11 Å². The lowest BCUT2D eigenvalue weighted by Crippen LogP contribution is -2.18. The van der Waals surface area contributed by atoms with Gasteiger partial charge in [0.25, 0.3) is 0 Å². The average molecular weight is 489 g/mol. The van der Waals surface area contributed by atoms with Crippen LogP contribution in [0.25, 0.3) is 10.9 Å². The zero-order valence-electron chi connectivity index (χ0n) is 19.2. The molecule has 0 bridgehead atoms. The van der Waals surface area contributed by atoms with Crippen LogP contribution in [0.2, 0.25) is 5.02 Å². The molecule has 0 saturated carbocycles. The van der Waals surface area contributed by atoms with Gasteiger partial charge in [0.2, 0.25) is 0 Å². The Morgan fingerprint density at radius 2 is 2.03 bits per heavy atom. The van der Waals surface area contributed by atoms with Gasteiger partial charge < -0.3 is 19.9 Å². The number of ether oxygens (including phenoxy) is 2. The van der Waals surface area contributed by atoms with Crippen molar-refractivity contribution in [1.29, 1.82) is 0 Å². The number of hydrogen-bond donors (Lipinski definition) is 2. The average Bonchev–Trinajstić information content (AvgIpc) is 3.31. The van der Waals surface area contributed by atoms with Crippen molar-refractivity contribution >= 4 is 39.9 Å². The molecule has 2 heterocycles. The monoisotopic (exact) mass is 488 g/mol. The van der Waals surface area contributed by atoms with Crippen molar-refractivity contribution in [2.24, 2.45) is 4.99 Å². The number of nitrogens with zero attached hydrogens (tertiary/aromatic N) is 3. The molecule has 1 aromatic heterocycles. The largest absolute Gasteiger partial charge is 0.489 e. The van der Waals surface area contributed by atoms with Crippen molar-refractivity contribution in [3.05, 3.63) is 88.7 Å².